The lowest BCUT2D eigenvalue weighted by atomic mass is 10.0. The van der Waals surface area contributed by atoms with E-state index in [0.29, 0.717) is 18.2 Å². The molecule has 0 radical (unpaired) electrons. The van der Waals surface area contributed by atoms with E-state index in [9.17, 15) is 9.90 Å². The van der Waals surface area contributed by atoms with Gasteiger partial charge in [0.2, 0.25) is 5.89 Å². The van der Waals surface area contributed by atoms with Crippen molar-refractivity contribution < 1.29 is 14.3 Å². The molecule has 0 saturated heterocycles. The molecule has 0 unspecified atom stereocenters. The third-order valence-electron chi connectivity index (χ3n) is 3.46. The van der Waals surface area contributed by atoms with Crippen LogP contribution in [0.4, 0.5) is 0 Å². The first-order chi connectivity index (χ1) is 9.41. The Labute approximate surface area is 117 Å². The Morgan fingerprint density at radius 1 is 1.35 bits per heavy atom. The minimum absolute atomic E-state index is 0.339. The van der Waals surface area contributed by atoms with Crippen LogP contribution in [0.2, 0.25) is 0 Å². The molecule has 1 heterocycles. The Kier molecular flexibility index (Phi) is 3.90. The van der Waals surface area contributed by atoms with E-state index in [0.717, 1.165) is 5.56 Å². The number of nitrogens with zero attached hydrogens (tertiary/aromatic N) is 2. The normalized spacial score (nSPS) is 11.8. The van der Waals surface area contributed by atoms with Crippen LogP contribution in [-0.2, 0) is 11.3 Å². The second-order valence-corrected chi connectivity index (χ2v) is 5.20. The zero-order chi connectivity index (χ0) is 14.8. The highest BCUT2D eigenvalue weighted by atomic mass is 16.4. The van der Waals surface area contributed by atoms with E-state index in [1.54, 1.807) is 32.0 Å². The number of hydrogen-bond acceptors (Lipinski definition) is 4. The molecule has 0 atom stereocenters. The third-order valence-corrected chi connectivity index (χ3v) is 3.46. The van der Waals surface area contributed by atoms with Crippen molar-refractivity contribution in [2.45, 2.75) is 25.9 Å². The van der Waals surface area contributed by atoms with Crippen molar-refractivity contribution in [2.75, 3.05) is 7.05 Å². The number of hydrogen-bond donors (Lipinski definition) is 1. The number of carbonyl (C=O) groups is 1. The molecule has 0 bridgehead atoms. The number of benzene rings is 1. The number of aromatic nitrogens is 1. The third kappa shape index (κ3) is 2.88. The summed E-state index contributed by atoms with van der Waals surface area (Å²) in [5.41, 5.74) is -0.0205. The lowest BCUT2D eigenvalue weighted by Gasteiger charge is -2.30. The highest BCUT2D eigenvalue weighted by Gasteiger charge is 2.32. The molecule has 1 aromatic carbocycles. The van der Waals surface area contributed by atoms with Crippen LogP contribution in [-0.4, -0.2) is 33.5 Å². The lowest BCUT2D eigenvalue weighted by molar-refractivity contribution is -0.149. The van der Waals surface area contributed by atoms with Gasteiger partial charge in [-0.2, -0.15) is 0 Å². The van der Waals surface area contributed by atoms with E-state index in [4.69, 9.17) is 4.42 Å². The molecule has 0 spiro atoms. The summed E-state index contributed by atoms with van der Waals surface area (Å²) in [7, 11) is 1.74. The number of oxazole rings is 1. The smallest absolute Gasteiger partial charge is 0.323 e. The van der Waals surface area contributed by atoms with Crippen molar-refractivity contribution >= 4 is 5.97 Å². The average Bonchev–Trinajstić information content (AvgIpc) is 2.88. The standard InChI is InChI=1S/C15H18N2O3/c1-15(2,14(18)19)17(3)10-13-16-9-12(20-13)11-7-5-4-6-8-11/h4-9H,10H2,1-3H3,(H,18,19). The van der Waals surface area contributed by atoms with Crippen LogP contribution in [0, 0.1) is 0 Å². The molecular weight excluding hydrogens is 256 g/mol. The predicted octanol–water partition coefficient (Wildman–Crippen LogP) is 2.64. The maximum absolute atomic E-state index is 11.2. The van der Waals surface area contributed by atoms with Crippen LogP contribution < -0.4 is 0 Å². The summed E-state index contributed by atoms with van der Waals surface area (Å²) < 4.78 is 5.67. The Bertz CT molecular complexity index is 590. The number of likely N-dealkylation sites (N-methyl/N-ethyl adjacent to an activating group) is 1. The molecule has 20 heavy (non-hydrogen) atoms. The molecule has 1 N–H and O–H groups in total. The Hall–Kier alpha value is -2.14. The largest absolute Gasteiger partial charge is 0.480 e. The van der Waals surface area contributed by atoms with Gasteiger partial charge in [0.15, 0.2) is 5.76 Å². The molecular formula is C15H18N2O3. The Morgan fingerprint density at radius 2 is 2.00 bits per heavy atom. The van der Waals surface area contributed by atoms with Gasteiger partial charge in [0.05, 0.1) is 12.7 Å². The quantitative estimate of drug-likeness (QED) is 0.907. The summed E-state index contributed by atoms with van der Waals surface area (Å²) in [6, 6.07) is 9.67. The SMILES string of the molecule is CN(Cc1ncc(-c2ccccc2)o1)C(C)(C)C(=O)O. The first-order valence-corrected chi connectivity index (χ1v) is 6.36. The fourth-order valence-corrected chi connectivity index (χ4v) is 1.68. The molecule has 0 fully saturated rings. The van der Waals surface area contributed by atoms with Crippen LogP contribution >= 0.6 is 0 Å². The predicted molar refractivity (Wildman–Crippen MR) is 75.1 cm³/mol. The Balaban J connectivity index is 2.13. The fourth-order valence-electron chi connectivity index (χ4n) is 1.68. The van der Waals surface area contributed by atoms with Gasteiger partial charge in [0, 0.05) is 5.56 Å². The summed E-state index contributed by atoms with van der Waals surface area (Å²) >= 11 is 0. The van der Waals surface area contributed by atoms with Gasteiger partial charge in [-0.25, -0.2) is 4.98 Å². The molecule has 0 aliphatic rings. The molecule has 2 aromatic rings. The van der Waals surface area contributed by atoms with Gasteiger partial charge in [-0.05, 0) is 20.9 Å². The van der Waals surface area contributed by atoms with Crippen molar-refractivity contribution in [2.24, 2.45) is 0 Å². The topological polar surface area (TPSA) is 66.6 Å². The summed E-state index contributed by atoms with van der Waals surface area (Å²) in [6.45, 7) is 3.64. The highest BCUT2D eigenvalue weighted by Crippen LogP contribution is 2.22. The van der Waals surface area contributed by atoms with Crippen LogP contribution in [0.5, 0.6) is 0 Å². The molecule has 1 aromatic heterocycles. The molecule has 2 rings (SSSR count). The van der Waals surface area contributed by atoms with Crippen molar-refractivity contribution in [1.29, 1.82) is 0 Å². The summed E-state index contributed by atoms with van der Waals surface area (Å²) in [4.78, 5) is 17.1. The molecule has 0 saturated carbocycles. The molecule has 5 nitrogen and oxygen atoms in total. The molecule has 0 amide bonds. The monoisotopic (exact) mass is 274 g/mol. The van der Waals surface area contributed by atoms with Gasteiger partial charge >= 0.3 is 5.97 Å². The zero-order valence-corrected chi connectivity index (χ0v) is 11.8. The van der Waals surface area contributed by atoms with Crippen LogP contribution in [0.15, 0.2) is 40.9 Å². The maximum Gasteiger partial charge on any atom is 0.323 e. The van der Waals surface area contributed by atoms with E-state index >= 15 is 0 Å². The van der Waals surface area contributed by atoms with Crippen molar-refractivity contribution in [3.8, 4) is 11.3 Å². The highest BCUT2D eigenvalue weighted by molar-refractivity contribution is 5.77. The van der Waals surface area contributed by atoms with E-state index in [2.05, 4.69) is 4.98 Å². The average molecular weight is 274 g/mol. The fraction of sp³-hybridized carbons (Fsp3) is 0.333. The number of carboxylic acid groups (broad SMARTS) is 1. The number of aliphatic carboxylic acids is 1. The van der Waals surface area contributed by atoms with Crippen LogP contribution in [0.25, 0.3) is 11.3 Å². The summed E-state index contributed by atoms with van der Waals surface area (Å²) in [5, 5.41) is 9.18. The molecule has 0 aliphatic carbocycles. The minimum Gasteiger partial charge on any atom is -0.480 e. The Morgan fingerprint density at radius 3 is 2.60 bits per heavy atom. The van der Waals surface area contributed by atoms with Gasteiger partial charge in [0.25, 0.3) is 0 Å². The van der Waals surface area contributed by atoms with Crippen LogP contribution in [0.1, 0.15) is 19.7 Å². The second-order valence-electron chi connectivity index (χ2n) is 5.20. The van der Waals surface area contributed by atoms with E-state index < -0.39 is 11.5 Å². The van der Waals surface area contributed by atoms with Crippen molar-refractivity contribution in [3.05, 3.63) is 42.4 Å². The molecule has 5 heteroatoms. The molecule has 106 valence electrons. The van der Waals surface area contributed by atoms with E-state index in [-0.39, 0.29) is 0 Å². The summed E-state index contributed by atoms with van der Waals surface area (Å²) in [5.74, 6) is 0.303. The second kappa shape index (κ2) is 5.46. The van der Waals surface area contributed by atoms with Gasteiger partial charge in [-0.1, -0.05) is 30.3 Å². The van der Waals surface area contributed by atoms with Gasteiger partial charge < -0.3 is 9.52 Å². The van der Waals surface area contributed by atoms with Gasteiger partial charge in [-0.15, -0.1) is 0 Å². The minimum atomic E-state index is -0.971. The zero-order valence-electron chi connectivity index (χ0n) is 11.8. The van der Waals surface area contributed by atoms with Gasteiger partial charge in [-0.3, -0.25) is 9.69 Å². The van der Waals surface area contributed by atoms with Gasteiger partial charge in [0.1, 0.15) is 5.54 Å². The number of rotatable bonds is 5. The van der Waals surface area contributed by atoms with Crippen molar-refractivity contribution in [1.82, 2.24) is 9.88 Å². The number of carboxylic acids is 1. The summed E-state index contributed by atoms with van der Waals surface area (Å²) in [6.07, 6.45) is 1.66. The van der Waals surface area contributed by atoms with E-state index in [1.165, 1.54) is 0 Å². The first kappa shape index (κ1) is 14.3. The lowest BCUT2D eigenvalue weighted by Crippen LogP contribution is -2.47. The van der Waals surface area contributed by atoms with Crippen LogP contribution in [0.3, 0.4) is 0 Å². The maximum atomic E-state index is 11.2. The van der Waals surface area contributed by atoms with E-state index in [1.807, 2.05) is 30.3 Å². The first-order valence-electron chi connectivity index (χ1n) is 6.36. The van der Waals surface area contributed by atoms with Crippen molar-refractivity contribution in [3.63, 3.8) is 0 Å². The molecule has 0 aliphatic heterocycles.